The van der Waals surface area contributed by atoms with E-state index in [1.54, 1.807) is 13.2 Å². The third kappa shape index (κ3) is 3.28. The maximum Gasteiger partial charge on any atom is 0.276 e. The Morgan fingerprint density at radius 1 is 1.39 bits per heavy atom. The van der Waals surface area contributed by atoms with Crippen molar-refractivity contribution in [1.29, 1.82) is 0 Å². The molecule has 2 heterocycles. The Labute approximate surface area is 135 Å². The van der Waals surface area contributed by atoms with Crippen molar-refractivity contribution >= 4 is 5.91 Å². The van der Waals surface area contributed by atoms with Crippen molar-refractivity contribution in [2.75, 3.05) is 26.7 Å². The molecule has 1 aromatic carbocycles. The molecule has 6 heteroatoms. The molecule has 0 bridgehead atoms. The Morgan fingerprint density at radius 3 is 2.87 bits per heavy atom. The lowest BCUT2D eigenvalue weighted by molar-refractivity contribution is 0.0775. The molecule has 2 N–H and O–H groups in total. The second-order valence-electron chi connectivity index (χ2n) is 5.83. The quantitative estimate of drug-likeness (QED) is 0.907. The van der Waals surface area contributed by atoms with Crippen LogP contribution in [0, 0.1) is 5.92 Å². The van der Waals surface area contributed by atoms with E-state index in [1.807, 2.05) is 23.1 Å². The second kappa shape index (κ2) is 6.93. The van der Waals surface area contributed by atoms with Gasteiger partial charge in [-0.2, -0.15) is 0 Å². The zero-order chi connectivity index (χ0) is 16.2. The number of nitrogens with two attached hydrogens (primary N) is 1. The topological polar surface area (TPSA) is 81.6 Å². The lowest BCUT2D eigenvalue weighted by Gasteiger charge is -2.16. The number of aromatic nitrogens is 1. The van der Waals surface area contributed by atoms with Crippen molar-refractivity contribution in [1.82, 2.24) is 10.1 Å². The molecule has 2 aromatic rings. The highest BCUT2D eigenvalue weighted by Gasteiger charge is 2.36. The van der Waals surface area contributed by atoms with Crippen molar-refractivity contribution in [3.8, 4) is 0 Å². The van der Waals surface area contributed by atoms with Gasteiger partial charge in [-0.15, -0.1) is 0 Å². The van der Waals surface area contributed by atoms with Crippen LogP contribution in [0.4, 0.5) is 0 Å². The summed E-state index contributed by atoms with van der Waals surface area (Å²) in [5, 5.41) is 3.85. The summed E-state index contributed by atoms with van der Waals surface area (Å²) in [6.07, 6.45) is 0. The molecule has 0 unspecified atom stereocenters. The molecule has 2 atom stereocenters. The van der Waals surface area contributed by atoms with Crippen molar-refractivity contribution in [2.45, 2.75) is 12.5 Å². The highest BCUT2D eigenvalue weighted by Crippen LogP contribution is 2.32. The van der Waals surface area contributed by atoms with Crippen LogP contribution >= 0.6 is 0 Å². The average molecular weight is 315 g/mol. The molecule has 0 spiro atoms. The molecule has 1 aliphatic rings. The Morgan fingerprint density at radius 2 is 2.17 bits per heavy atom. The minimum Gasteiger partial charge on any atom is -0.377 e. The first-order valence-electron chi connectivity index (χ1n) is 7.71. The monoisotopic (exact) mass is 315 g/mol. The van der Waals surface area contributed by atoms with Crippen LogP contribution < -0.4 is 5.73 Å². The van der Waals surface area contributed by atoms with Crippen LogP contribution in [-0.2, 0) is 11.3 Å². The second-order valence-corrected chi connectivity index (χ2v) is 5.83. The van der Waals surface area contributed by atoms with Gasteiger partial charge in [0.15, 0.2) is 11.5 Å². The Bertz CT molecular complexity index is 656. The zero-order valence-corrected chi connectivity index (χ0v) is 13.1. The predicted molar refractivity (Wildman–Crippen MR) is 84.8 cm³/mol. The maximum atomic E-state index is 12.6. The van der Waals surface area contributed by atoms with Gasteiger partial charge in [-0.3, -0.25) is 4.79 Å². The van der Waals surface area contributed by atoms with E-state index in [-0.39, 0.29) is 17.7 Å². The fourth-order valence-electron chi connectivity index (χ4n) is 3.14. The lowest BCUT2D eigenvalue weighted by Crippen LogP contribution is -2.30. The predicted octanol–water partition coefficient (Wildman–Crippen LogP) is 1.64. The van der Waals surface area contributed by atoms with Gasteiger partial charge in [0.25, 0.3) is 5.91 Å². The molecule has 1 saturated heterocycles. The lowest BCUT2D eigenvalue weighted by atomic mass is 9.89. The summed E-state index contributed by atoms with van der Waals surface area (Å²) in [5.41, 5.74) is 7.46. The first-order valence-corrected chi connectivity index (χ1v) is 7.71. The molecule has 1 amide bonds. The van der Waals surface area contributed by atoms with Crippen LogP contribution in [-0.4, -0.2) is 42.7 Å². The molecular weight excluding hydrogens is 294 g/mol. The fraction of sp³-hybridized carbons (Fsp3) is 0.412. The number of benzene rings is 1. The van der Waals surface area contributed by atoms with Gasteiger partial charge in [-0.25, -0.2) is 0 Å². The van der Waals surface area contributed by atoms with E-state index in [2.05, 4.69) is 17.3 Å². The number of likely N-dealkylation sites (tertiary alicyclic amines) is 1. The molecule has 3 rings (SSSR count). The van der Waals surface area contributed by atoms with E-state index >= 15 is 0 Å². The average Bonchev–Trinajstić information content (AvgIpc) is 3.22. The fourth-order valence-corrected chi connectivity index (χ4v) is 3.14. The number of ether oxygens (including phenoxy) is 1. The molecule has 0 radical (unpaired) electrons. The van der Waals surface area contributed by atoms with E-state index in [0.717, 1.165) is 0 Å². The van der Waals surface area contributed by atoms with Crippen LogP contribution in [0.5, 0.6) is 0 Å². The number of hydrogen-bond donors (Lipinski definition) is 1. The van der Waals surface area contributed by atoms with Gasteiger partial charge in [0, 0.05) is 32.2 Å². The van der Waals surface area contributed by atoms with E-state index in [4.69, 9.17) is 15.0 Å². The third-order valence-corrected chi connectivity index (χ3v) is 4.32. The molecule has 1 aromatic heterocycles. The molecule has 122 valence electrons. The normalized spacial score (nSPS) is 20.9. The molecule has 1 fully saturated rings. The van der Waals surface area contributed by atoms with Gasteiger partial charge < -0.3 is 19.9 Å². The molecule has 23 heavy (non-hydrogen) atoms. The first kappa shape index (κ1) is 15.7. The minimum atomic E-state index is -0.118. The summed E-state index contributed by atoms with van der Waals surface area (Å²) in [6.45, 7) is 2.15. The van der Waals surface area contributed by atoms with Crippen molar-refractivity contribution in [3.05, 3.63) is 53.4 Å². The van der Waals surface area contributed by atoms with E-state index in [0.29, 0.717) is 37.7 Å². The Hall–Kier alpha value is -2.18. The van der Waals surface area contributed by atoms with Gasteiger partial charge in [0.2, 0.25) is 0 Å². The standard InChI is InChI=1S/C17H21N3O3/c1-22-11-14-7-16(19-23-14)17(21)20-9-13(8-18)15(10-20)12-5-3-2-4-6-12/h2-7,13,15H,8-11,18H2,1H3/t13-,15+/m1/s1. The first-order chi connectivity index (χ1) is 11.2. The van der Waals surface area contributed by atoms with Crippen LogP contribution in [0.25, 0.3) is 0 Å². The maximum absolute atomic E-state index is 12.6. The van der Waals surface area contributed by atoms with Gasteiger partial charge in [-0.05, 0) is 18.0 Å². The summed E-state index contributed by atoms with van der Waals surface area (Å²) in [7, 11) is 1.57. The summed E-state index contributed by atoms with van der Waals surface area (Å²) in [6, 6.07) is 11.8. The molecule has 6 nitrogen and oxygen atoms in total. The van der Waals surface area contributed by atoms with Crippen LogP contribution in [0.1, 0.15) is 27.7 Å². The largest absolute Gasteiger partial charge is 0.377 e. The number of carbonyl (C=O) groups is 1. The summed E-state index contributed by atoms with van der Waals surface area (Å²) in [5.74, 6) is 0.945. The molecule has 0 aliphatic carbocycles. The zero-order valence-electron chi connectivity index (χ0n) is 13.1. The summed E-state index contributed by atoms with van der Waals surface area (Å²) < 4.78 is 10.1. The highest BCUT2D eigenvalue weighted by molar-refractivity contribution is 5.92. The van der Waals surface area contributed by atoms with Gasteiger partial charge in [0.05, 0.1) is 0 Å². The van der Waals surface area contributed by atoms with Crippen molar-refractivity contribution in [3.63, 3.8) is 0 Å². The van der Waals surface area contributed by atoms with Crippen molar-refractivity contribution in [2.24, 2.45) is 11.7 Å². The smallest absolute Gasteiger partial charge is 0.276 e. The van der Waals surface area contributed by atoms with Crippen LogP contribution in [0.3, 0.4) is 0 Å². The Balaban J connectivity index is 1.74. The van der Waals surface area contributed by atoms with Crippen molar-refractivity contribution < 1.29 is 14.1 Å². The molecule has 1 aliphatic heterocycles. The van der Waals surface area contributed by atoms with E-state index in [1.165, 1.54) is 5.56 Å². The Kier molecular flexibility index (Phi) is 4.73. The summed E-state index contributed by atoms with van der Waals surface area (Å²) in [4.78, 5) is 14.4. The van der Waals surface area contributed by atoms with E-state index in [9.17, 15) is 4.79 Å². The number of amides is 1. The van der Waals surface area contributed by atoms with Gasteiger partial charge in [0.1, 0.15) is 6.61 Å². The number of methoxy groups -OCH3 is 1. The summed E-state index contributed by atoms with van der Waals surface area (Å²) >= 11 is 0. The minimum absolute atomic E-state index is 0.118. The van der Waals surface area contributed by atoms with Crippen LogP contribution in [0.2, 0.25) is 0 Å². The van der Waals surface area contributed by atoms with Gasteiger partial charge >= 0.3 is 0 Å². The van der Waals surface area contributed by atoms with Gasteiger partial charge in [-0.1, -0.05) is 35.5 Å². The van der Waals surface area contributed by atoms with E-state index < -0.39 is 0 Å². The third-order valence-electron chi connectivity index (χ3n) is 4.32. The number of carbonyl (C=O) groups excluding carboxylic acids is 1. The SMILES string of the molecule is COCc1cc(C(=O)N2C[C@@H](CN)[C@H](c3ccccc3)C2)no1. The highest BCUT2D eigenvalue weighted by atomic mass is 16.5. The van der Waals surface area contributed by atoms with Crippen LogP contribution in [0.15, 0.2) is 40.9 Å². The number of nitrogens with zero attached hydrogens (tertiary/aromatic N) is 2. The molecular formula is C17H21N3O3. The number of hydrogen-bond acceptors (Lipinski definition) is 5. The molecule has 0 saturated carbocycles. The number of rotatable bonds is 5.